The van der Waals surface area contributed by atoms with Crippen molar-refractivity contribution in [3.63, 3.8) is 0 Å². The van der Waals surface area contributed by atoms with Crippen molar-refractivity contribution in [2.24, 2.45) is 0 Å². The van der Waals surface area contributed by atoms with E-state index in [-0.39, 0.29) is 22.9 Å². The summed E-state index contributed by atoms with van der Waals surface area (Å²) in [6, 6.07) is 2.10. The zero-order valence-corrected chi connectivity index (χ0v) is 12.7. The summed E-state index contributed by atoms with van der Waals surface area (Å²) < 4.78 is 45.2. The highest BCUT2D eigenvalue weighted by Gasteiger charge is 2.19. The van der Waals surface area contributed by atoms with Crippen LogP contribution in [0.4, 0.5) is 10.1 Å². The van der Waals surface area contributed by atoms with Gasteiger partial charge in [-0.15, -0.1) is 0 Å². The number of halogens is 1. The maximum absolute atomic E-state index is 13.7. The SMILES string of the molecule is COc1c(N)cc(S(=O)(=O)NCCN2CCCC2)cc1F. The highest BCUT2D eigenvalue weighted by atomic mass is 32.2. The van der Waals surface area contributed by atoms with E-state index in [0.29, 0.717) is 6.54 Å². The first-order valence-electron chi connectivity index (χ1n) is 6.79. The average Bonchev–Trinajstić information content (AvgIpc) is 2.91. The number of rotatable bonds is 6. The average molecular weight is 317 g/mol. The highest BCUT2D eigenvalue weighted by Crippen LogP contribution is 2.28. The van der Waals surface area contributed by atoms with E-state index in [9.17, 15) is 12.8 Å². The van der Waals surface area contributed by atoms with Gasteiger partial charge in [0.25, 0.3) is 0 Å². The molecule has 0 spiro atoms. The van der Waals surface area contributed by atoms with Crippen LogP contribution in [0.15, 0.2) is 17.0 Å². The second kappa shape index (κ2) is 6.59. The van der Waals surface area contributed by atoms with E-state index in [1.807, 2.05) is 0 Å². The van der Waals surface area contributed by atoms with Gasteiger partial charge in [-0.05, 0) is 38.1 Å². The molecule has 0 radical (unpaired) electrons. The Morgan fingerprint density at radius 3 is 2.62 bits per heavy atom. The number of nitrogens with one attached hydrogen (secondary N) is 1. The molecule has 1 aliphatic rings. The number of nitrogens with two attached hydrogens (primary N) is 1. The van der Waals surface area contributed by atoms with Crippen LogP contribution in [0, 0.1) is 5.82 Å². The molecule has 3 N–H and O–H groups in total. The third-order valence-corrected chi connectivity index (χ3v) is 4.92. The van der Waals surface area contributed by atoms with E-state index >= 15 is 0 Å². The van der Waals surface area contributed by atoms with Gasteiger partial charge in [-0.2, -0.15) is 0 Å². The van der Waals surface area contributed by atoms with Gasteiger partial charge in [0.05, 0.1) is 17.7 Å². The molecular formula is C13H20FN3O3S. The molecular weight excluding hydrogens is 297 g/mol. The lowest BCUT2D eigenvalue weighted by molar-refractivity contribution is 0.344. The molecule has 1 fully saturated rings. The number of sulfonamides is 1. The van der Waals surface area contributed by atoms with Crippen molar-refractivity contribution in [2.75, 3.05) is 39.0 Å². The molecule has 1 aromatic rings. The Labute approximate surface area is 124 Å². The smallest absolute Gasteiger partial charge is 0.240 e. The van der Waals surface area contributed by atoms with Gasteiger partial charge in [0.2, 0.25) is 10.0 Å². The van der Waals surface area contributed by atoms with E-state index in [4.69, 9.17) is 10.5 Å². The summed E-state index contributed by atoms with van der Waals surface area (Å²) in [5, 5.41) is 0. The van der Waals surface area contributed by atoms with Crippen LogP contribution in [0.3, 0.4) is 0 Å². The summed E-state index contributed by atoms with van der Waals surface area (Å²) >= 11 is 0. The molecule has 1 aromatic carbocycles. The fraction of sp³-hybridized carbons (Fsp3) is 0.538. The number of nitrogens with zero attached hydrogens (tertiary/aromatic N) is 1. The molecule has 0 aliphatic carbocycles. The lowest BCUT2D eigenvalue weighted by atomic mass is 10.3. The molecule has 2 rings (SSSR count). The molecule has 118 valence electrons. The first-order chi connectivity index (χ1) is 9.94. The van der Waals surface area contributed by atoms with Gasteiger partial charge in [-0.1, -0.05) is 0 Å². The van der Waals surface area contributed by atoms with Crippen molar-refractivity contribution in [1.82, 2.24) is 9.62 Å². The Balaban J connectivity index is 2.04. The van der Waals surface area contributed by atoms with Gasteiger partial charge in [-0.3, -0.25) is 0 Å². The number of nitrogen functional groups attached to an aromatic ring is 1. The van der Waals surface area contributed by atoms with E-state index in [2.05, 4.69) is 9.62 Å². The van der Waals surface area contributed by atoms with Gasteiger partial charge in [0, 0.05) is 13.1 Å². The van der Waals surface area contributed by atoms with Crippen molar-refractivity contribution in [2.45, 2.75) is 17.7 Å². The minimum atomic E-state index is -3.77. The van der Waals surface area contributed by atoms with Crippen LogP contribution in [-0.2, 0) is 10.0 Å². The summed E-state index contributed by atoms with van der Waals surface area (Å²) in [5.41, 5.74) is 5.55. The van der Waals surface area contributed by atoms with Crippen LogP contribution >= 0.6 is 0 Å². The molecule has 0 aromatic heterocycles. The van der Waals surface area contributed by atoms with Crippen molar-refractivity contribution in [3.05, 3.63) is 17.9 Å². The fourth-order valence-electron chi connectivity index (χ4n) is 2.39. The molecule has 6 nitrogen and oxygen atoms in total. The molecule has 1 saturated heterocycles. The van der Waals surface area contributed by atoms with Gasteiger partial charge in [0.15, 0.2) is 11.6 Å². The van der Waals surface area contributed by atoms with Crippen molar-refractivity contribution < 1.29 is 17.5 Å². The number of likely N-dealkylation sites (tertiary alicyclic amines) is 1. The number of methoxy groups -OCH3 is 1. The Morgan fingerprint density at radius 2 is 2.05 bits per heavy atom. The van der Waals surface area contributed by atoms with Crippen LogP contribution in [0.25, 0.3) is 0 Å². The van der Waals surface area contributed by atoms with Crippen LogP contribution in [0.5, 0.6) is 5.75 Å². The molecule has 21 heavy (non-hydrogen) atoms. The highest BCUT2D eigenvalue weighted by molar-refractivity contribution is 7.89. The molecule has 8 heteroatoms. The lowest BCUT2D eigenvalue weighted by Gasteiger charge is -2.15. The van der Waals surface area contributed by atoms with Gasteiger partial charge >= 0.3 is 0 Å². The van der Waals surface area contributed by atoms with Crippen LogP contribution < -0.4 is 15.2 Å². The van der Waals surface area contributed by atoms with E-state index in [1.165, 1.54) is 13.2 Å². The second-order valence-corrected chi connectivity index (χ2v) is 6.74. The normalized spacial score (nSPS) is 16.3. The number of anilines is 1. The van der Waals surface area contributed by atoms with Gasteiger partial charge < -0.3 is 15.4 Å². The minimum Gasteiger partial charge on any atom is -0.492 e. The predicted molar refractivity (Wildman–Crippen MR) is 78.2 cm³/mol. The third-order valence-electron chi connectivity index (χ3n) is 3.48. The topological polar surface area (TPSA) is 84.7 Å². The number of hydrogen-bond donors (Lipinski definition) is 2. The first kappa shape index (κ1) is 16.0. The number of ether oxygens (including phenoxy) is 1. The molecule has 0 unspecified atom stereocenters. The van der Waals surface area contributed by atoms with Crippen molar-refractivity contribution in [3.8, 4) is 5.75 Å². The number of benzene rings is 1. The zero-order chi connectivity index (χ0) is 15.5. The molecule has 1 heterocycles. The maximum atomic E-state index is 13.7. The van der Waals surface area contributed by atoms with Gasteiger partial charge in [0.1, 0.15) is 0 Å². The molecule has 0 saturated carbocycles. The molecule has 0 atom stereocenters. The number of hydrogen-bond acceptors (Lipinski definition) is 5. The van der Waals surface area contributed by atoms with Crippen LogP contribution in [0.2, 0.25) is 0 Å². The van der Waals surface area contributed by atoms with Crippen LogP contribution in [0.1, 0.15) is 12.8 Å². The maximum Gasteiger partial charge on any atom is 0.240 e. The Morgan fingerprint density at radius 1 is 1.38 bits per heavy atom. The monoisotopic (exact) mass is 317 g/mol. The van der Waals surface area contributed by atoms with E-state index in [0.717, 1.165) is 32.0 Å². The van der Waals surface area contributed by atoms with Gasteiger partial charge in [-0.25, -0.2) is 17.5 Å². The Hall–Kier alpha value is -1.38. The zero-order valence-electron chi connectivity index (χ0n) is 11.9. The van der Waals surface area contributed by atoms with E-state index < -0.39 is 15.8 Å². The third kappa shape index (κ3) is 3.84. The van der Waals surface area contributed by atoms with E-state index in [1.54, 1.807) is 0 Å². The predicted octanol–water partition coefficient (Wildman–Crippen LogP) is 0.791. The minimum absolute atomic E-state index is 0.0441. The Bertz CT molecular complexity index is 578. The summed E-state index contributed by atoms with van der Waals surface area (Å²) in [6.07, 6.45) is 2.29. The summed E-state index contributed by atoms with van der Waals surface area (Å²) in [7, 11) is -2.50. The summed E-state index contributed by atoms with van der Waals surface area (Å²) in [5.74, 6) is -0.941. The molecule has 0 bridgehead atoms. The fourth-order valence-corrected chi connectivity index (χ4v) is 3.45. The largest absolute Gasteiger partial charge is 0.492 e. The quantitative estimate of drug-likeness (QED) is 0.758. The second-order valence-electron chi connectivity index (χ2n) is 4.97. The Kier molecular flexibility index (Phi) is 5.02. The summed E-state index contributed by atoms with van der Waals surface area (Å²) in [6.45, 7) is 2.92. The summed E-state index contributed by atoms with van der Waals surface area (Å²) in [4.78, 5) is 1.99. The first-order valence-corrected chi connectivity index (χ1v) is 8.27. The molecule has 0 amide bonds. The van der Waals surface area contributed by atoms with Crippen LogP contribution in [-0.4, -0.2) is 46.6 Å². The molecule has 1 aliphatic heterocycles. The van der Waals surface area contributed by atoms with Crippen molar-refractivity contribution >= 4 is 15.7 Å². The lowest BCUT2D eigenvalue weighted by Crippen LogP contribution is -2.33. The standard InChI is InChI=1S/C13H20FN3O3S/c1-20-13-11(14)8-10(9-12(13)15)21(18,19)16-4-7-17-5-2-3-6-17/h8-9,16H,2-7,15H2,1H3. The van der Waals surface area contributed by atoms with Crippen molar-refractivity contribution in [1.29, 1.82) is 0 Å².